The highest BCUT2D eigenvalue weighted by Crippen LogP contribution is 2.28. The molecule has 1 fully saturated rings. The van der Waals surface area contributed by atoms with Crippen molar-refractivity contribution in [2.45, 2.75) is 58.5 Å². The summed E-state index contributed by atoms with van der Waals surface area (Å²) in [6.07, 6.45) is 2.63. The molecule has 0 spiro atoms. The Morgan fingerprint density at radius 1 is 1.30 bits per heavy atom. The standard InChI is InChI=1S/C19H30N2O2/c1-13(2)12-23-17-9-6-15(7-10-17)19(3,4)21-18(22)14-5-8-16(20)11-14/h6-7,9-10,13-14,16H,5,8,11-12,20H2,1-4H3,(H,21,22). The van der Waals surface area contributed by atoms with Crippen LogP contribution in [0.25, 0.3) is 0 Å². The molecule has 2 unspecified atom stereocenters. The molecule has 3 N–H and O–H groups in total. The maximum Gasteiger partial charge on any atom is 0.223 e. The smallest absolute Gasteiger partial charge is 0.223 e. The molecule has 23 heavy (non-hydrogen) atoms. The first kappa shape index (κ1) is 17.8. The molecule has 0 heterocycles. The Morgan fingerprint density at radius 2 is 1.96 bits per heavy atom. The minimum atomic E-state index is -0.402. The first-order chi connectivity index (χ1) is 10.8. The summed E-state index contributed by atoms with van der Waals surface area (Å²) in [4.78, 5) is 12.4. The molecule has 1 amide bonds. The minimum Gasteiger partial charge on any atom is -0.493 e. The molecule has 0 bridgehead atoms. The van der Waals surface area contributed by atoms with Gasteiger partial charge in [0.2, 0.25) is 5.91 Å². The van der Waals surface area contributed by atoms with E-state index in [-0.39, 0.29) is 17.9 Å². The lowest BCUT2D eigenvalue weighted by Gasteiger charge is -2.28. The number of carbonyl (C=O) groups excluding carboxylic acids is 1. The fraction of sp³-hybridized carbons (Fsp3) is 0.632. The topological polar surface area (TPSA) is 64.3 Å². The molecule has 1 aliphatic carbocycles. The predicted octanol–water partition coefficient (Wildman–Crippen LogP) is 3.20. The third-order valence-electron chi connectivity index (χ3n) is 4.44. The third-order valence-corrected chi connectivity index (χ3v) is 4.44. The van der Waals surface area contributed by atoms with Crippen LogP contribution in [0.15, 0.2) is 24.3 Å². The first-order valence-electron chi connectivity index (χ1n) is 8.59. The minimum absolute atomic E-state index is 0.0536. The van der Waals surface area contributed by atoms with E-state index in [1.54, 1.807) is 0 Å². The van der Waals surface area contributed by atoms with Gasteiger partial charge in [-0.15, -0.1) is 0 Å². The van der Waals surface area contributed by atoms with Gasteiger partial charge in [-0.1, -0.05) is 26.0 Å². The Hall–Kier alpha value is -1.55. The quantitative estimate of drug-likeness (QED) is 0.846. The summed E-state index contributed by atoms with van der Waals surface area (Å²) in [5.74, 6) is 1.54. The molecule has 2 atom stereocenters. The summed E-state index contributed by atoms with van der Waals surface area (Å²) < 4.78 is 5.71. The molecule has 1 saturated carbocycles. The van der Waals surface area contributed by atoms with Crippen LogP contribution in [0.4, 0.5) is 0 Å². The van der Waals surface area contributed by atoms with Gasteiger partial charge in [-0.25, -0.2) is 0 Å². The van der Waals surface area contributed by atoms with E-state index in [9.17, 15) is 4.79 Å². The summed E-state index contributed by atoms with van der Waals surface area (Å²) >= 11 is 0. The van der Waals surface area contributed by atoms with Crippen molar-refractivity contribution in [2.75, 3.05) is 6.61 Å². The largest absolute Gasteiger partial charge is 0.493 e. The average molecular weight is 318 g/mol. The normalized spacial score (nSPS) is 21.5. The molecule has 4 nitrogen and oxygen atoms in total. The van der Waals surface area contributed by atoms with Crippen molar-refractivity contribution in [2.24, 2.45) is 17.6 Å². The van der Waals surface area contributed by atoms with Gasteiger partial charge < -0.3 is 15.8 Å². The van der Waals surface area contributed by atoms with Crippen LogP contribution in [-0.2, 0) is 10.3 Å². The molecular weight excluding hydrogens is 288 g/mol. The molecule has 128 valence electrons. The van der Waals surface area contributed by atoms with E-state index in [4.69, 9.17) is 10.5 Å². The SMILES string of the molecule is CC(C)COc1ccc(C(C)(C)NC(=O)C2CCC(N)C2)cc1. The van der Waals surface area contributed by atoms with Gasteiger partial charge >= 0.3 is 0 Å². The van der Waals surface area contributed by atoms with Gasteiger partial charge in [0.05, 0.1) is 12.1 Å². The van der Waals surface area contributed by atoms with Crippen LogP contribution in [0, 0.1) is 11.8 Å². The van der Waals surface area contributed by atoms with E-state index in [1.165, 1.54) is 0 Å². The molecule has 0 aromatic heterocycles. The van der Waals surface area contributed by atoms with E-state index in [2.05, 4.69) is 19.2 Å². The van der Waals surface area contributed by atoms with Gasteiger partial charge in [0.1, 0.15) is 5.75 Å². The summed E-state index contributed by atoms with van der Waals surface area (Å²) in [6, 6.07) is 8.16. The Bertz CT molecular complexity index is 523. The summed E-state index contributed by atoms with van der Waals surface area (Å²) in [5.41, 5.74) is 6.58. The zero-order chi connectivity index (χ0) is 17.0. The van der Waals surface area contributed by atoms with Crippen LogP contribution in [0.1, 0.15) is 52.5 Å². The molecule has 1 aromatic carbocycles. The third kappa shape index (κ3) is 4.96. The van der Waals surface area contributed by atoms with Crippen molar-refractivity contribution in [1.82, 2.24) is 5.32 Å². The Balaban J connectivity index is 1.97. The number of hydrogen-bond acceptors (Lipinski definition) is 3. The second kappa shape index (κ2) is 7.35. The van der Waals surface area contributed by atoms with Gasteiger partial charge in [0, 0.05) is 12.0 Å². The molecule has 1 aromatic rings. The lowest BCUT2D eigenvalue weighted by atomic mass is 9.93. The first-order valence-corrected chi connectivity index (χ1v) is 8.59. The second-order valence-corrected chi connectivity index (χ2v) is 7.61. The number of nitrogens with one attached hydrogen (secondary N) is 1. The molecule has 0 radical (unpaired) electrons. The van der Waals surface area contributed by atoms with Crippen molar-refractivity contribution in [1.29, 1.82) is 0 Å². The summed E-state index contributed by atoms with van der Waals surface area (Å²) in [7, 11) is 0. The number of amides is 1. The van der Waals surface area contributed by atoms with E-state index in [0.717, 1.165) is 30.6 Å². The molecule has 0 saturated heterocycles. The maximum atomic E-state index is 12.4. The van der Waals surface area contributed by atoms with E-state index in [1.807, 2.05) is 38.1 Å². The zero-order valence-electron chi connectivity index (χ0n) is 14.8. The number of carbonyl (C=O) groups is 1. The Morgan fingerprint density at radius 3 is 2.48 bits per heavy atom. The highest BCUT2D eigenvalue weighted by atomic mass is 16.5. The van der Waals surface area contributed by atoms with Gasteiger partial charge in [-0.05, 0) is 56.7 Å². The highest BCUT2D eigenvalue weighted by Gasteiger charge is 2.31. The number of benzene rings is 1. The Labute approximate surface area is 139 Å². The van der Waals surface area contributed by atoms with E-state index in [0.29, 0.717) is 12.5 Å². The lowest BCUT2D eigenvalue weighted by Crippen LogP contribution is -2.43. The molecular formula is C19H30N2O2. The van der Waals surface area contributed by atoms with Crippen molar-refractivity contribution in [3.63, 3.8) is 0 Å². The van der Waals surface area contributed by atoms with Crippen LogP contribution < -0.4 is 15.8 Å². The zero-order valence-corrected chi connectivity index (χ0v) is 14.8. The lowest BCUT2D eigenvalue weighted by molar-refractivity contribution is -0.126. The van der Waals surface area contributed by atoms with Crippen LogP contribution in [-0.4, -0.2) is 18.6 Å². The van der Waals surface area contributed by atoms with Crippen LogP contribution in [0.5, 0.6) is 5.75 Å². The van der Waals surface area contributed by atoms with Crippen molar-refractivity contribution >= 4 is 5.91 Å². The van der Waals surface area contributed by atoms with Crippen LogP contribution in [0.3, 0.4) is 0 Å². The number of nitrogens with two attached hydrogens (primary N) is 1. The Kier molecular flexibility index (Phi) is 5.69. The van der Waals surface area contributed by atoms with Gasteiger partial charge in [-0.2, -0.15) is 0 Å². The second-order valence-electron chi connectivity index (χ2n) is 7.61. The van der Waals surface area contributed by atoms with Crippen LogP contribution >= 0.6 is 0 Å². The van der Waals surface area contributed by atoms with E-state index < -0.39 is 5.54 Å². The average Bonchev–Trinajstić information content (AvgIpc) is 2.92. The van der Waals surface area contributed by atoms with E-state index >= 15 is 0 Å². The van der Waals surface area contributed by atoms with Crippen LogP contribution in [0.2, 0.25) is 0 Å². The van der Waals surface area contributed by atoms with Crippen molar-refractivity contribution < 1.29 is 9.53 Å². The summed E-state index contributed by atoms with van der Waals surface area (Å²) in [5, 5.41) is 3.17. The molecule has 0 aliphatic heterocycles. The maximum absolute atomic E-state index is 12.4. The summed E-state index contributed by atoms with van der Waals surface area (Å²) in [6.45, 7) is 9.03. The highest BCUT2D eigenvalue weighted by molar-refractivity contribution is 5.80. The van der Waals surface area contributed by atoms with Gasteiger partial charge in [0.25, 0.3) is 0 Å². The molecule has 4 heteroatoms. The van der Waals surface area contributed by atoms with Gasteiger partial charge in [0.15, 0.2) is 0 Å². The monoisotopic (exact) mass is 318 g/mol. The number of rotatable bonds is 6. The predicted molar refractivity (Wildman–Crippen MR) is 93.3 cm³/mol. The number of ether oxygens (including phenoxy) is 1. The van der Waals surface area contributed by atoms with Gasteiger partial charge in [-0.3, -0.25) is 4.79 Å². The molecule has 1 aliphatic rings. The fourth-order valence-corrected chi connectivity index (χ4v) is 2.97. The molecule has 2 rings (SSSR count). The fourth-order valence-electron chi connectivity index (χ4n) is 2.97. The van der Waals surface area contributed by atoms with Crippen molar-refractivity contribution in [3.05, 3.63) is 29.8 Å². The number of hydrogen-bond donors (Lipinski definition) is 2. The van der Waals surface area contributed by atoms with Crippen molar-refractivity contribution in [3.8, 4) is 5.75 Å².